The average molecular weight is 308 g/mol. The molecule has 1 aliphatic rings. The molecule has 0 aromatic heterocycles. The van der Waals surface area contributed by atoms with E-state index in [1.807, 2.05) is 11.8 Å². The Morgan fingerprint density at radius 3 is 2.62 bits per heavy atom. The molecular formula is C17H28N2OS. The predicted octanol–water partition coefficient (Wildman–Crippen LogP) is 3.45. The Morgan fingerprint density at radius 2 is 2.05 bits per heavy atom. The van der Waals surface area contributed by atoms with Gasteiger partial charge in [-0.05, 0) is 48.8 Å². The smallest absolute Gasteiger partial charge is 0.0606 e. The van der Waals surface area contributed by atoms with Crippen molar-refractivity contribution in [3.05, 3.63) is 24.3 Å². The first kappa shape index (κ1) is 16.5. The molecule has 0 amide bonds. The molecule has 0 aliphatic carbocycles. The molecule has 0 saturated carbocycles. The molecule has 2 N–H and O–H groups in total. The summed E-state index contributed by atoms with van der Waals surface area (Å²) in [6.45, 7) is 8.64. The number of rotatable bonds is 6. The maximum atomic E-state index is 9.10. The zero-order valence-corrected chi connectivity index (χ0v) is 14.2. The molecule has 1 fully saturated rings. The van der Waals surface area contributed by atoms with E-state index in [4.69, 9.17) is 5.11 Å². The van der Waals surface area contributed by atoms with Crippen LogP contribution < -0.4 is 10.2 Å². The van der Waals surface area contributed by atoms with Gasteiger partial charge < -0.3 is 15.3 Å². The predicted molar refractivity (Wildman–Crippen MR) is 94.5 cm³/mol. The highest BCUT2D eigenvalue weighted by atomic mass is 32.2. The average Bonchev–Trinajstić information content (AvgIpc) is 2.48. The van der Waals surface area contributed by atoms with E-state index >= 15 is 0 Å². The van der Waals surface area contributed by atoms with Crippen molar-refractivity contribution in [1.82, 2.24) is 0 Å². The van der Waals surface area contributed by atoms with Crippen LogP contribution in [0.1, 0.15) is 27.2 Å². The van der Waals surface area contributed by atoms with Gasteiger partial charge in [0.05, 0.1) is 6.61 Å². The maximum absolute atomic E-state index is 9.10. The van der Waals surface area contributed by atoms with Gasteiger partial charge in [-0.15, -0.1) is 0 Å². The molecule has 1 aromatic rings. The van der Waals surface area contributed by atoms with Crippen LogP contribution in [0.5, 0.6) is 0 Å². The lowest BCUT2D eigenvalue weighted by molar-refractivity contribution is 0.302. The van der Waals surface area contributed by atoms with E-state index in [0.29, 0.717) is 18.0 Å². The standard InChI is InChI=1S/C17H28N2OS/c1-4-19(10-11-20)15-7-5-14(6-8-15)18-16-13-21-12-9-17(16,2)3/h5-8,16,18,20H,4,9-13H2,1-3H3. The summed E-state index contributed by atoms with van der Waals surface area (Å²) in [4.78, 5) is 2.18. The number of nitrogens with zero attached hydrogens (tertiary/aromatic N) is 1. The van der Waals surface area contributed by atoms with Gasteiger partial charge in [0, 0.05) is 36.3 Å². The van der Waals surface area contributed by atoms with E-state index in [1.54, 1.807) is 0 Å². The summed E-state index contributed by atoms with van der Waals surface area (Å²) in [5.41, 5.74) is 2.73. The van der Waals surface area contributed by atoms with E-state index in [1.165, 1.54) is 29.3 Å². The summed E-state index contributed by atoms with van der Waals surface area (Å²) in [5, 5.41) is 12.8. The Morgan fingerprint density at radius 1 is 1.33 bits per heavy atom. The van der Waals surface area contributed by atoms with Gasteiger partial charge in [-0.3, -0.25) is 0 Å². The number of aliphatic hydroxyl groups excluding tert-OH is 1. The summed E-state index contributed by atoms with van der Waals surface area (Å²) in [6.07, 6.45) is 1.27. The molecule has 0 radical (unpaired) electrons. The normalized spacial score (nSPS) is 21.0. The summed E-state index contributed by atoms with van der Waals surface area (Å²) in [5.74, 6) is 2.46. The van der Waals surface area contributed by atoms with E-state index in [9.17, 15) is 0 Å². The van der Waals surface area contributed by atoms with Crippen LogP contribution in [0, 0.1) is 5.41 Å². The second-order valence-corrected chi connectivity index (χ2v) is 7.51. The maximum Gasteiger partial charge on any atom is 0.0606 e. The number of likely N-dealkylation sites (N-methyl/N-ethyl adjacent to an activating group) is 1. The number of anilines is 2. The zero-order chi connectivity index (χ0) is 15.3. The molecule has 1 heterocycles. The lowest BCUT2D eigenvalue weighted by atomic mass is 9.82. The second-order valence-electron chi connectivity index (χ2n) is 6.36. The largest absolute Gasteiger partial charge is 0.395 e. The lowest BCUT2D eigenvalue weighted by Crippen LogP contribution is -2.41. The van der Waals surface area contributed by atoms with Gasteiger partial charge in [0.25, 0.3) is 0 Å². The highest BCUT2D eigenvalue weighted by Crippen LogP contribution is 2.36. The fraction of sp³-hybridized carbons (Fsp3) is 0.647. The Hall–Kier alpha value is -0.870. The van der Waals surface area contributed by atoms with Gasteiger partial charge in [-0.2, -0.15) is 11.8 Å². The molecule has 118 valence electrons. The topological polar surface area (TPSA) is 35.5 Å². The quantitative estimate of drug-likeness (QED) is 0.844. The van der Waals surface area contributed by atoms with Gasteiger partial charge in [-0.25, -0.2) is 0 Å². The van der Waals surface area contributed by atoms with Crippen molar-refractivity contribution in [3.8, 4) is 0 Å². The summed E-state index contributed by atoms with van der Waals surface area (Å²) < 4.78 is 0. The summed E-state index contributed by atoms with van der Waals surface area (Å²) in [7, 11) is 0. The Kier molecular flexibility index (Phi) is 5.82. The highest BCUT2D eigenvalue weighted by Gasteiger charge is 2.32. The van der Waals surface area contributed by atoms with Crippen LogP contribution in [0.15, 0.2) is 24.3 Å². The van der Waals surface area contributed by atoms with E-state index in [0.717, 1.165) is 6.54 Å². The van der Waals surface area contributed by atoms with Crippen molar-refractivity contribution in [1.29, 1.82) is 0 Å². The first-order chi connectivity index (χ1) is 10.1. The monoisotopic (exact) mass is 308 g/mol. The molecule has 21 heavy (non-hydrogen) atoms. The fourth-order valence-corrected chi connectivity index (χ4v) is 4.34. The van der Waals surface area contributed by atoms with Crippen molar-refractivity contribution in [2.45, 2.75) is 33.2 Å². The molecule has 1 aromatic carbocycles. The number of thioether (sulfide) groups is 1. The summed E-state index contributed by atoms with van der Waals surface area (Å²) >= 11 is 2.04. The SMILES string of the molecule is CCN(CCO)c1ccc(NC2CSCCC2(C)C)cc1. The number of aliphatic hydroxyl groups is 1. The Labute approximate surface area is 133 Å². The van der Waals surface area contributed by atoms with Crippen LogP contribution in [0.25, 0.3) is 0 Å². The highest BCUT2D eigenvalue weighted by molar-refractivity contribution is 7.99. The Balaban J connectivity index is 2.02. The molecular weight excluding hydrogens is 280 g/mol. The van der Waals surface area contributed by atoms with E-state index < -0.39 is 0 Å². The molecule has 3 nitrogen and oxygen atoms in total. The molecule has 1 atom stereocenters. The molecule has 1 saturated heterocycles. The summed E-state index contributed by atoms with van der Waals surface area (Å²) in [6, 6.07) is 9.13. The zero-order valence-electron chi connectivity index (χ0n) is 13.4. The van der Waals surface area contributed by atoms with Gasteiger partial charge in [0.1, 0.15) is 0 Å². The second kappa shape index (κ2) is 7.41. The lowest BCUT2D eigenvalue weighted by Gasteiger charge is -2.39. The number of hydrogen-bond donors (Lipinski definition) is 2. The van der Waals surface area contributed by atoms with Gasteiger partial charge >= 0.3 is 0 Å². The van der Waals surface area contributed by atoms with Crippen molar-refractivity contribution >= 4 is 23.1 Å². The van der Waals surface area contributed by atoms with Crippen molar-refractivity contribution in [3.63, 3.8) is 0 Å². The van der Waals surface area contributed by atoms with Gasteiger partial charge in [0.15, 0.2) is 0 Å². The number of nitrogens with one attached hydrogen (secondary N) is 1. The first-order valence-corrected chi connectivity index (χ1v) is 9.02. The van der Waals surface area contributed by atoms with Crippen molar-refractivity contribution < 1.29 is 5.11 Å². The van der Waals surface area contributed by atoms with Gasteiger partial charge in [-0.1, -0.05) is 13.8 Å². The van der Waals surface area contributed by atoms with Crippen LogP contribution in [-0.2, 0) is 0 Å². The van der Waals surface area contributed by atoms with Crippen molar-refractivity contribution in [2.24, 2.45) is 5.41 Å². The molecule has 0 bridgehead atoms. The minimum absolute atomic E-state index is 0.196. The molecule has 1 unspecified atom stereocenters. The molecule has 1 aliphatic heterocycles. The van der Waals surface area contributed by atoms with Crippen molar-refractivity contribution in [2.75, 3.05) is 41.4 Å². The molecule has 4 heteroatoms. The van der Waals surface area contributed by atoms with Crippen LogP contribution >= 0.6 is 11.8 Å². The molecule has 0 spiro atoms. The third kappa shape index (κ3) is 4.30. The van der Waals surface area contributed by atoms with Gasteiger partial charge in [0.2, 0.25) is 0 Å². The third-order valence-electron chi connectivity index (χ3n) is 4.44. The van der Waals surface area contributed by atoms with Crippen LogP contribution in [0.4, 0.5) is 11.4 Å². The van der Waals surface area contributed by atoms with Crippen LogP contribution in [-0.4, -0.2) is 42.4 Å². The Bertz CT molecular complexity index is 433. The van der Waals surface area contributed by atoms with E-state index in [2.05, 4.69) is 55.3 Å². The minimum Gasteiger partial charge on any atom is -0.395 e. The van der Waals surface area contributed by atoms with E-state index in [-0.39, 0.29) is 6.61 Å². The third-order valence-corrected chi connectivity index (χ3v) is 5.51. The molecule has 2 rings (SSSR count). The number of hydrogen-bond acceptors (Lipinski definition) is 4. The number of benzene rings is 1. The fourth-order valence-electron chi connectivity index (χ4n) is 2.73. The van der Waals surface area contributed by atoms with Crippen LogP contribution in [0.3, 0.4) is 0 Å². The van der Waals surface area contributed by atoms with Crippen LogP contribution in [0.2, 0.25) is 0 Å². The minimum atomic E-state index is 0.196. The first-order valence-electron chi connectivity index (χ1n) is 7.87.